The lowest BCUT2D eigenvalue weighted by atomic mass is 10.1. The van der Waals surface area contributed by atoms with Crippen molar-refractivity contribution >= 4 is 27.3 Å². The van der Waals surface area contributed by atoms with Crippen LogP contribution in [0.15, 0.2) is 24.3 Å². The van der Waals surface area contributed by atoms with Crippen LogP contribution in [0.25, 0.3) is 0 Å². The first-order valence-corrected chi connectivity index (χ1v) is 8.27. The van der Waals surface area contributed by atoms with Gasteiger partial charge in [-0.1, -0.05) is 13.0 Å². The van der Waals surface area contributed by atoms with E-state index in [4.69, 9.17) is 5.73 Å². The molecule has 112 valence electrons. The lowest BCUT2D eigenvalue weighted by molar-refractivity contribution is -0.116. The second-order valence-corrected chi connectivity index (χ2v) is 6.63. The molecule has 1 amide bonds. The largest absolute Gasteiger partial charge is 0.330 e. The van der Waals surface area contributed by atoms with Crippen molar-refractivity contribution in [2.75, 3.05) is 22.8 Å². The van der Waals surface area contributed by atoms with Crippen LogP contribution in [0.5, 0.6) is 0 Å². The third kappa shape index (κ3) is 6.53. The zero-order valence-corrected chi connectivity index (χ0v) is 12.5. The van der Waals surface area contributed by atoms with E-state index in [2.05, 4.69) is 10.0 Å². The molecule has 0 saturated carbocycles. The molecule has 6 nitrogen and oxygen atoms in total. The Morgan fingerprint density at radius 1 is 1.35 bits per heavy atom. The molecule has 4 N–H and O–H groups in total. The highest BCUT2D eigenvalue weighted by atomic mass is 32.2. The Balaban J connectivity index is 2.60. The molecule has 20 heavy (non-hydrogen) atoms. The van der Waals surface area contributed by atoms with E-state index < -0.39 is 10.0 Å². The third-order valence-electron chi connectivity index (χ3n) is 2.72. The summed E-state index contributed by atoms with van der Waals surface area (Å²) in [5.41, 5.74) is 6.47. The van der Waals surface area contributed by atoms with Crippen molar-refractivity contribution in [1.29, 1.82) is 0 Å². The van der Waals surface area contributed by atoms with Crippen molar-refractivity contribution in [2.45, 2.75) is 19.8 Å². The van der Waals surface area contributed by atoms with Crippen LogP contribution in [0.2, 0.25) is 0 Å². The van der Waals surface area contributed by atoms with Crippen LogP contribution in [-0.4, -0.2) is 27.1 Å². The Hall–Kier alpha value is -1.60. The molecule has 0 heterocycles. The number of sulfonamides is 1. The van der Waals surface area contributed by atoms with Crippen LogP contribution in [0, 0.1) is 5.92 Å². The second kappa shape index (κ2) is 7.25. The summed E-state index contributed by atoms with van der Waals surface area (Å²) in [5, 5.41) is 2.73. The summed E-state index contributed by atoms with van der Waals surface area (Å²) in [7, 11) is -3.32. The molecule has 1 rings (SSSR count). The number of benzene rings is 1. The fraction of sp³-hybridized carbons (Fsp3) is 0.462. The molecule has 0 aliphatic rings. The standard InChI is InChI=1S/C13H21N3O3S/c1-10(9-14)6-7-13(17)15-11-4-3-5-12(8-11)16-20(2,18)19/h3-5,8,10,16H,6-7,9,14H2,1-2H3,(H,15,17). The molecule has 0 aliphatic carbocycles. The van der Waals surface area contributed by atoms with Crippen molar-refractivity contribution in [1.82, 2.24) is 0 Å². The van der Waals surface area contributed by atoms with E-state index in [0.717, 1.165) is 12.7 Å². The Kier molecular flexibility index (Phi) is 5.97. The SMILES string of the molecule is CC(CN)CCC(=O)Nc1cccc(NS(C)(=O)=O)c1. The maximum Gasteiger partial charge on any atom is 0.229 e. The number of amides is 1. The van der Waals surface area contributed by atoms with Crippen LogP contribution in [0.1, 0.15) is 19.8 Å². The van der Waals surface area contributed by atoms with Crippen molar-refractivity contribution in [3.05, 3.63) is 24.3 Å². The molecule has 0 saturated heterocycles. The summed E-state index contributed by atoms with van der Waals surface area (Å²) in [6.45, 7) is 2.55. The van der Waals surface area contributed by atoms with Gasteiger partial charge < -0.3 is 11.1 Å². The Bertz CT molecular complexity index is 558. The highest BCUT2D eigenvalue weighted by Crippen LogP contribution is 2.16. The zero-order chi connectivity index (χ0) is 15.2. The predicted octanol–water partition coefficient (Wildman–Crippen LogP) is 1.37. The molecule has 7 heteroatoms. The number of nitrogens with one attached hydrogen (secondary N) is 2. The van der Waals surface area contributed by atoms with E-state index in [1.54, 1.807) is 24.3 Å². The van der Waals surface area contributed by atoms with Gasteiger partial charge in [0, 0.05) is 12.1 Å². The monoisotopic (exact) mass is 299 g/mol. The van der Waals surface area contributed by atoms with Crippen molar-refractivity contribution < 1.29 is 13.2 Å². The predicted molar refractivity (Wildman–Crippen MR) is 81.0 cm³/mol. The molecule has 1 atom stereocenters. The molecule has 1 aromatic rings. The Morgan fingerprint density at radius 3 is 2.60 bits per heavy atom. The molecule has 0 aromatic heterocycles. The minimum absolute atomic E-state index is 0.109. The molecule has 1 unspecified atom stereocenters. The van der Waals surface area contributed by atoms with Crippen LogP contribution in [-0.2, 0) is 14.8 Å². The van der Waals surface area contributed by atoms with Gasteiger partial charge in [0.1, 0.15) is 0 Å². The summed E-state index contributed by atoms with van der Waals surface area (Å²) in [6, 6.07) is 6.57. The van der Waals surface area contributed by atoms with Crippen LogP contribution in [0.4, 0.5) is 11.4 Å². The number of anilines is 2. The quantitative estimate of drug-likeness (QED) is 0.707. The van der Waals surface area contributed by atoms with Gasteiger partial charge >= 0.3 is 0 Å². The number of nitrogens with two attached hydrogens (primary N) is 1. The second-order valence-electron chi connectivity index (χ2n) is 4.88. The van der Waals surface area contributed by atoms with Gasteiger partial charge in [0.15, 0.2) is 0 Å². The van der Waals surface area contributed by atoms with Crippen LogP contribution < -0.4 is 15.8 Å². The molecule has 0 radical (unpaired) electrons. The average molecular weight is 299 g/mol. The number of carbonyl (C=O) groups is 1. The Labute approximate surface area is 119 Å². The van der Waals surface area contributed by atoms with Crippen LogP contribution >= 0.6 is 0 Å². The normalized spacial score (nSPS) is 12.8. The topological polar surface area (TPSA) is 101 Å². The van der Waals surface area contributed by atoms with Crippen molar-refractivity contribution in [2.24, 2.45) is 11.7 Å². The van der Waals surface area contributed by atoms with E-state index in [1.807, 2.05) is 6.92 Å². The lowest BCUT2D eigenvalue weighted by Gasteiger charge is -2.10. The van der Waals surface area contributed by atoms with Gasteiger partial charge in [0.2, 0.25) is 15.9 Å². The van der Waals surface area contributed by atoms with Gasteiger partial charge in [-0.05, 0) is 37.1 Å². The average Bonchev–Trinajstić information content (AvgIpc) is 2.34. The number of carbonyl (C=O) groups excluding carboxylic acids is 1. The summed E-state index contributed by atoms with van der Waals surface area (Å²) in [5.74, 6) is 0.195. The van der Waals surface area contributed by atoms with E-state index in [0.29, 0.717) is 30.3 Å². The van der Waals surface area contributed by atoms with Crippen LogP contribution in [0.3, 0.4) is 0 Å². The molecular formula is C13H21N3O3S. The highest BCUT2D eigenvalue weighted by molar-refractivity contribution is 7.92. The summed E-state index contributed by atoms with van der Waals surface area (Å²) in [6.07, 6.45) is 2.19. The van der Waals surface area contributed by atoms with E-state index in [1.165, 1.54) is 0 Å². The smallest absolute Gasteiger partial charge is 0.229 e. The first-order chi connectivity index (χ1) is 9.30. The van der Waals surface area contributed by atoms with Gasteiger partial charge in [-0.15, -0.1) is 0 Å². The van der Waals surface area contributed by atoms with E-state index in [9.17, 15) is 13.2 Å². The molecule has 1 aromatic carbocycles. The Morgan fingerprint density at radius 2 is 2.00 bits per heavy atom. The molecule has 0 fully saturated rings. The highest BCUT2D eigenvalue weighted by Gasteiger charge is 2.07. The van der Waals surface area contributed by atoms with Gasteiger partial charge in [-0.25, -0.2) is 8.42 Å². The maximum absolute atomic E-state index is 11.7. The van der Waals surface area contributed by atoms with Gasteiger partial charge in [-0.3, -0.25) is 9.52 Å². The zero-order valence-electron chi connectivity index (χ0n) is 11.7. The van der Waals surface area contributed by atoms with Gasteiger partial charge in [0.05, 0.1) is 11.9 Å². The molecular weight excluding hydrogens is 278 g/mol. The first kappa shape index (κ1) is 16.5. The van der Waals surface area contributed by atoms with Crippen molar-refractivity contribution in [3.63, 3.8) is 0 Å². The number of rotatable bonds is 7. The number of hydrogen-bond donors (Lipinski definition) is 3. The van der Waals surface area contributed by atoms with E-state index >= 15 is 0 Å². The molecule has 0 aliphatic heterocycles. The maximum atomic E-state index is 11.7. The summed E-state index contributed by atoms with van der Waals surface area (Å²) < 4.78 is 24.6. The van der Waals surface area contributed by atoms with Gasteiger partial charge in [0.25, 0.3) is 0 Å². The van der Waals surface area contributed by atoms with E-state index in [-0.39, 0.29) is 5.91 Å². The summed E-state index contributed by atoms with van der Waals surface area (Å²) in [4.78, 5) is 11.7. The minimum atomic E-state index is -3.32. The van der Waals surface area contributed by atoms with Gasteiger partial charge in [-0.2, -0.15) is 0 Å². The summed E-state index contributed by atoms with van der Waals surface area (Å²) >= 11 is 0. The fourth-order valence-corrected chi connectivity index (χ4v) is 2.15. The first-order valence-electron chi connectivity index (χ1n) is 6.38. The van der Waals surface area contributed by atoms with Crippen molar-refractivity contribution in [3.8, 4) is 0 Å². The molecule has 0 bridgehead atoms. The number of hydrogen-bond acceptors (Lipinski definition) is 4. The molecule has 0 spiro atoms. The lowest BCUT2D eigenvalue weighted by Crippen LogP contribution is -2.16. The fourth-order valence-electron chi connectivity index (χ4n) is 1.59. The minimum Gasteiger partial charge on any atom is -0.330 e. The third-order valence-corrected chi connectivity index (χ3v) is 3.32.